The van der Waals surface area contributed by atoms with Crippen LogP contribution in [0.4, 0.5) is 0 Å². The van der Waals surface area contributed by atoms with Gasteiger partial charge in [0.25, 0.3) is 0 Å². The summed E-state index contributed by atoms with van der Waals surface area (Å²) in [4.78, 5) is 5.25. The summed E-state index contributed by atoms with van der Waals surface area (Å²) in [5.41, 5.74) is 2.99. The van der Waals surface area contributed by atoms with Gasteiger partial charge in [0, 0.05) is 16.8 Å². The molecule has 0 amide bonds. The summed E-state index contributed by atoms with van der Waals surface area (Å²) in [6, 6.07) is 1.37. The molecular formula is C9H23NOSi. The number of rotatable bonds is 9. The van der Waals surface area contributed by atoms with Crippen molar-refractivity contribution in [2.45, 2.75) is 45.1 Å². The van der Waals surface area contributed by atoms with Crippen molar-refractivity contribution in [3.63, 3.8) is 0 Å². The second-order valence-electron chi connectivity index (χ2n) is 3.16. The molecule has 74 valence electrons. The summed E-state index contributed by atoms with van der Waals surface area (Å²) in [6.07, 6.45) is 6.40. The first-order chi connectivity index (χ1) is 5.91. The number of hydroxylamine groups is 1. The van der Waals surface area contributed by atoms with Crippen LogP contribution in [0.25, 0.3) is 0 Å². The van der Waals surface area contributed by atoms with E-state index in [2.05, 4.69) is 12.4 Å². The van der Waals surface area contributed by atoms with Crippen LogP contribution < -0.4 is 5.48 Å². The van der Waals surface area contributed by atoms with Crippen molar-refractivity contribution in [3.05, 3.63) is 0 Å². The predicted molar refractivity (Wildman–Crippen MR) is 57.5 cm³/mol. The number of unbranched alkanes of at least 4 members (excludes halogenated alkanes) is 3. The highest BCUT2D eigenvalue weighted by Crippen LogP contribution is 1.97. The summed E-state index contributed by atoms with van der Waals surface area (Å²) in [7, 11) is 1.31. The van der Waals surface area contributed by atoms with Crippen LogP contribution in [0.2, 0.25) is 6.04 Å². The van der Waals surface area contributed by atoms with Crippen molar-refractivity contribution in [1.29, 1.82) is 0 Å². The van der Waals surface area contributed by atoms with Gasteiger partial charge >= 0.3 is 0 Å². The third-order valence-corrected chi connectivity index (χ3v) is 2.54. The standard InChI is InChI=1S/C9H23NOSi/c1-2-3-4-5-8-11-10-7-6-9-12/h10H,2-9H2,1,12H3. The summed E-state index contributed by atoms with van der Waals surface area (Å²) >= 11 is 0. The Morgan fingerprint density at radius 1 is 1.17 bits per heavy atom. The fraction of sp³-hybridized carbons (Fsp3) is 1.00. The van der Waals surface area contributed by atoms with Crippen LogP contribution in [0.1, 0.15) is 39.0 Å². The quantitative estimate of drug-likeness (QED) is 0.335. The van der Waals surface area contributed by atoms with Gasteiger partial charge in [0.1, 0.15) is 0 Å². The van der Waals surface area contributed by atoms with Gasteiger partial charge in [-0.05, 0) is 12.8 Å². The average molecular weight is 189 g/mol. The van der Waals surface area contributed by atoms with Crippen LogP contribution >= 0.6 is 0 Å². The molecule has 0 aromatic heterocycles. The van der Waals surface area contributed by atoms with Gasteiger partial charge < -0.3 is 4.84 Å². The van der Waals surface area contributed by atoms with E-state index in [1.54, 1.807) is 0 Å². The molecule has 0 atom stereocenters. The summed E-state index contributed by atoms with van der Waals surface area (Å²) in [5, 5.41) is 0. The molecule has 0 aliphatic rings. The molecule has 2 nitrogen and oxygen atoms in total. The molecule has 0 unspecified atom stereocenters. The molecule has 0 aromatic carbocycles. The van der Waals surface area contributed by atoms with E-state index in [9.17, 15) is 0 Å². The van der Waals surface area contributed by atoms with Crippen LogP contribution in [-0.4, -0.2) is 23.4 Å². The molecule has 0 aliphatic carbocycles. The van der Waals surface area contributed by atoms with E-state index in [0.717, 1.165) is 13.2 Å². The third kappa shape index (κ3) is 10.1. The number of hydrogen-bond acceptors (Lipinski definition) is 2. The highest BCUT2D eigenvalue weighted by atomic mass is 28.1. The summed E-state index contributed by atoms with van der Waals surface area (Å²) < 4.78 is 0. The minimum absolute atomic E-state index is 0.876. The molecule has 0 aromatic rings. The minimum Gasteiger partial charge on any atom is -0.302 e. The Balaban J connectivity index is 2.73. The molecule has 0 rings (SSSR count). The Morgan fingerprint density at radius 2 is 2.00 bits per heavy atom. The lowest BCUT2D eigenvalue weighted by Gasteiger charge is -2.03. The van der Waals surface area contributed by atoms with E-state index < -0.39 is 0 Å². The second kappa shape index (κ2) is 11.1. The van der Waals surface area contributed by atoms with Crippen LogP contribution in [0.3, 0.4) is 0 Å². The van der Waals surface area contributed by atoms with Gasteiger partial charge in [0.15, 0.2) is 0 Å². The van der Waals surface area contributed by atoms with E-state index in [0.29, 0.717) is 0 Å². The fourth-order valence-corrected chi connectivity index (χ4v) is 1.35. The second-order valence-corrected chi connectivity index (χ2v) is 4.16. The monoisotopic (exact) mass is 189 g/mol. The minimum atomic E-state index is 0.876. The first-order valence-corrected chi connectivity index (χ1v) is 6.67. The first-order valence-electron chi connectivity index (χ1n) is 5.26. The average Bonchev–Trinajstić information content (AvgIpc) is 2.10. The molecule has 0 bridgehead atoms. The van der Waals surface area contributed by atoms with E-state index >= 15 is 0 Å². The molecule has 0 heterocycles. The van der Waals surface area contributed by atoms with E-state index in [1.165, 1.54) is 48.4 Å². The SMILES string of the molecule is CCCCCCONCCC[SiH3]. The number of hydrogen-bond donors (Lipinski definition) is 1. The summed E-state index contributed by atoms with van der Waals surface area (Å²) in [6.45, 7) is 4.13. The van der Waals surface area contributed by atoms with Crippen molar-refractivity contribution in [3.8, 4) is 0 Å². The van der Waals surface area contributed by atoms with Crippen LogP contribution in [0.15, 0.2) is 0 Å². The van der Waals surface area contributed by atoms with Gasteiger partial charge in [-0.2, -0.15) is 0 Å². The smallest absolute Gasteiger partial charge is 0.0682 e. The lowest BCUT2D eigenvalue weighted by molar-refractivity contribution is 0.0388. The molecule has 0 fully saturated rings. The topological polar surface area (TPSA) is 21.3 Å². The van der Waals surface area contributed by atoms with Crippen molar-refractivity contribution in [2.75, 3.05) is 13.2 Å². The molecule has 3 heteroatoms. The molecule has 0 aliphatic heterocycles. The van der Waals surface area contributed by atoms with Gasteiger partial charge in [0.05, 0.1) is 6.61 Å². The molecular weight excluding hydrogens is 166 g/mol. The molecule has 0 saturated heterocycles. The van der Waals surface area contributed by atoms with E-state index in [-0.39, 0.29) is 0 Å². The highest BCUT2D eigenvalue weighted by Gasteiger charge is 1.88. The van der Waals surface area contributed by atoms with Crippen LogP contribution in [-0.2, 0) is 4.84 Å². The maximum atomic E-state index is 5.25. The summed E-state index contributed by atoms with van der Waals surface area (Å²) in [5.74, 6) is 0. The van der Waals surface area contributed by atoms with Gasteiger partial charge in [-0.15, -0.1) is 0 Å². The predicted octanol–water partition coefficient (Wildman–Crippen LogP) is 1.26. The third-order valence-electron chi connectivity index (χ3n) is 1.83. The first kappa shape index (κ1) is 12.1. The maximum absolute atomic E-state index is 5.25. The normalized spacial score (nSPS) is 10.8. The zero-order valence-corrected chi connectivity index (χ0v) is 10.6. The molecule has 0 radical (unpaired) electrons. The Hall–Kier alpha value is 0.137. The molecule has 12 heavy (non-hydrogen) atoms. The fourth-order valence-electron chi connectivity index (χ4n) is 0.994. The Bertz CT molecular complexity index is 70.9. The van der Waals surface area contributed by atoms with Gasteiger partial charge in [0.2, 0.25) is 0 Å². The Labute approximate surface area is 79.4 Å². The van der Waals surface area contributed by atoms with Crippen LogP contribution in [0, 0.1) is 0 Å². The molecule has 1 N–H and O–H groups in total. The molecule has 0 saturated carbocycles. The number of nitrogens with one attached hydrogen (secondary N) is 1. The van der Waals surface area contributed by atoms with E-state index in [4.69, 9.17) is 4.84 Å². The van der Waals surface area contributed by atoms with Gasteiger partial charge in [-0.25, -0.2) is 5.48 Å². The Morgan fingerprint density at radius 3 is 2.67 bits per heavy atom. The van der Waals surface area contributed by atoms with Gasteiger partial charge in [-0.3, -0.25) is 0 Å². The van der Waals surface area contributed by atoms with Crippen molar-refractivity contribution in [2.24, 2.45) is 0 Å². The Kier molecular flexibility index (Phi) is 11.3. The van der Waals surface area contributed by atoms with Crippen molar-refractivity contribution in [1.82, 2.24) is 5.48 Å². The zero-order chi connectivity index (χ0) is 9.07. The van der Waals surface area contributed by atoms with Crippen LogP contribution in [0.5, 0.6) is 0 Å². The largest absolute Gasteiger partial charge is 0.302 e. The zero-order valence-electron chi connectivity index (χ0n) is 8.57. The van der Waals surface area contributed by atoms with Crippen molar-refractivity contribution < 1.29 is 4.84 Å². The maximum Gasteiger partial charge on any atom is 0.0682 e. The lowest BCUT2D eigenvalue weighted by atomic mass is 10.2. The van der Waals surface area contributed by atoms with E-state index in [1.807, 2.05) is 0 Å². The van der Waals surface area contributed by atoms with Gasteiger partial charge in [-0.1, -0.05) is 32.2 Å². The lowest BCUT2D eigenvalue weighted by Crippen LogP contribution is -2.16. The highest BCUT2D eigenvalue weighted by molar-refractivity contribution is 6.08. The van der Waals surface area contributed by atoms with Crippen molar-refractivity contribution >= 4 is 10.2 Å². The molecule has 0 spiro atoms.